The molecule has 300 valence electrons. The van der Waals surface area contributed by atoms with Crippen LogP contribution in [0.2, 0.25) is 0 Å². The minimum absolute atomic E-state index is 0.0203. The van der Waals surface area contributed by atoms with Crippen molar-refractivity contribution in [2.45, 2.75) is 57.0 Å². The molecule has 7 heterocycles. The van der Waals surface area contributed by atoms with Crippen molar-refractivity contribution in [1.82, 2.24) is 23.7 Å². The second-order valence-corrected chi connectivity index (χ2v) is 15.6. The van der Waals surface area contributed by atoms with E-state index in [2.05, 4.69) is 0 Å². The number of carbonyl (C=O) groups is 5. The molecule has 9 rings (SSSR count). The van der Waals surface area contributed by atoms with Gasteiger partial charge in [0, 0.05) is 74.0 Å². The quantitative estimate of drug-likeness (QED) is 0.161. The van der Waals surface area contributed by atoms with E-state index in [0.717, 1.165) is 16.0 Å². The molecule has 4 amide bonds. The first-order valence-electron chi connectivity index (χ1n) is 19.9. The summed E-state index contributed by atoms with van der Waals surface area (Å²) in [5, 5.41) is 21.3. The van der Waals surface area contributed by atoms with E-state index in [4.69, 9.17) is 14.1 Å². The van der Waals surface area contributed by atoms with Crippen LogP contribution in [0.5, 0.6) is 0 Å². The predicted molar refractivity (Wildman–Crippen MR) is 215 cm³/mol. The third-order valence-corrected chi connectivity index (χ3v) is 12.6. The maximum absolute atomic E-state index is 16.8. The summed E-state index contributed by atoms with van der Waals surface area (Å²) < 4.78 is 10.5. The van der Waals surface area contributed by atoms with Crippen LogP contribution in [-0.2, 0) is 38.4 Å². The number of hydrogen-bond donors (Lipinski definition) is 2. The van der Waals surface area contributed by atoms with E-state index >= 15 is 9.59 Å². The maximum Gasteiger partial charge on any atom is 0.408 e. The smallest absolute Gasteiger partial charge is 0.408 e. The molecule has 14 nitrogen and oxygen atoms in total. The molecule has 6 aliphatic rings. The van der Waals surface area contributed by atoms with Gasteiger partial charge in [-0.25, -0.2) is 19.2 Å². The third-order valence-electron chi connectivity index (χ3n) is 12.6. The Morgan fingerprint density at radius 3 is 1.95 bits per heavy atom. The number of hydrogen-bond acceptors (Lipinski definition) is 8. The van der Waals surface area contributed by atoms with E-state index in [1.54, 1.807) is 55.5 Å². The highest BCUT2D eigenvalue weighted by atomic mass is 16.5. The average Bonchev–Trinajstić information content (AvgIpc) is 4.12. The van der Waals surface area contributed by atoms with Gasteiger partial charge in [-0.2, -0.15) is 4.98 Å². The minimum Gasteiger partial charge on any atom is -0.466 e. The van der Waals surface area contributed by atoms with Gasteiger partial charge in [-0.15, -0.1) is 8.97 Å². The summed E-state index contributed by atoms with van der Waals surface area (Å²) in [6, 6.07) is 17.9. The Bertz CT molecular complexity index is 2430. The maximum atomic E-state index is 16.8. The number of allylic oxidation sites excluding steroid dienone is 8. The van der Waals surface area contributed by atoms with Crippen LogP contribution in [0.4, 0.5) is 21.3 Å². The SMILES string of the molecule is CCOC(=O)Cc1nc([N+]2(C(=O)[C@]3(Cc4ccccc4)C(Cc4ccccc4)CCN3C(=O)O)C3=CC=C2C=C3)c([N+]2(C(=O)[C@@H]3CCCN3C(=O)O)C3=CC=C2C=C3)o1. The molecule has 14 heteroatoms. The lowest BCUT2D eigenvalue weighted by molar-refractivity contribution is -0.142. The molecule has 1 aromatic heterocycles. The highest BCUT2D eigenvalue weighted by molar-refractivity contribution is 6.09. The van der Waals surface area contributed by atoms with E-state index in [0.29, 0.717) is 42.1 Å². The number of quaternary nitrogens is 2. The van der Waals surface area contributed by atoms with Crippen LogP contribution in [0.25, 0.3) is 0 Å². The number of benzene rings is 2. The second kappa shape index (κ2) is 14.3. The number of ether oxygens (including phenoxy) is 1. The fraction of sp³-hybridized carbons (Fsp3) is 0.289. The number of aromatic nitrogens is 1. The number of carbonyl (C=O) groups excluding carboxylic acids is 3. The fourth-order valence-electron chi connectivity index (χ4n) is 10.1. The number of likely N-dealkylation sites (tertiary alicyclic amines) is 2. The highest BCUT2D eigenvalue weighted by Crippen LogP contribution is 2.58. The van der Waals surface area contributed by atoms with Crippen LogP contribution in [0.15, 0.2) is 136 Å². The molecular formula is C45H43N5O9+2. The van der Waals surface area contributed by atoms with E-state index in [-0.39, 0.29) is 50.1 Å². The molecule has 2 N–H and O–H groups in total. The Hall–Kier alpha value is -6.64. The van der Waals surface area contributed by atoms with Gasteiger partial charge in [0.1, 0.15) is 6.42 Å². The molecule has 0 saturated carbocycles. The summed E-state index contributed by atoms with van der Waals surface area (Å²) in [6.45, 7) is 2.01. The van der Waals surface area contributed by atoms with Gasteiger partial charge in [0.05, 0.1) is 6.61 Å². The van der Waals surface area contributed by atoms with Crippen molar-refractivity contribution in [2.75, 3.05) is 19.7 Å². The van der Waals surface area contributed by atoms with Crippen molar-refractivity contribution in [3.63, 3.8) is 0 Å². The summed E-state index contributed by atoms with van der Waals surface area (Å²) in [5.41, 5.74) is 1.79. The fourth-order valence-corrected chi connectivity index (χ4v) is 10.1. The van der Waals surface area contributed by atoms with Crippen molar-refractivity contribution >= 4 is 41.7 Å². The van der Waals surface area contributed by atoms with Gasteiger partial charge in [-0.1, -0.05) is 60.7 Å². The average molecular weight is 798 g/mol. The van der Waals surface area contributed by atoms with Crippen molar-refractivity contribution in [2.24, 2.45) is 5.92 Å². The molecule has 1 unspecified atom stereocenters. The Balaban J connectivity index is 1.31. The number of oxazole rings is 1. The molecule has 4 bridgehead atoms. The Kier molecular flexibility index (Phi) is 9.20. The zero-order valence-corrected chi connectivity index (χ0v) is 32.4. The van der Waals surface area contributed by atoms with Gasteiger partial charge in [0.25, 0.3) is 0 Å². The lowest BCUT2D eigenvalue weighted by Crippen LogP contribution is -2.68. The topological polar surface area (TPSA) is 168 Å². The van der Waals surface area contributed by atoms with Gasteiger partial charge in [0.2, 0.25) is 5.89 Å². The van der Waals surface area contributed by atoms with E-state index < -0.39 is 62.9 Å². The van der Waals surface area contributed by atoms with Crippen LogP contribution in [0.1, 0.15) is 43.2 Å². The van der Waals surface area contributed by atoms with Gasteiger partial charge >= 0.3 is 41.7 Å². The van der Waals surface area contributed by atoms with Crippen LogP contribution in [-0.4, -0.2) is 86.2 Å². The molecule has 59 heavy (non-hydrogen) atoms. The van der Waals surface area contributed by atoms with Crippen molar-refractivity contribution in [3.05, 3.63) is 149 Å². The van der Waals surface area contributed by atoms with Crippen LogP contribution in [0.3, 0.4) is 0 Å². The molecule has 3 aromatic rings. The molecule has 3 atom stereocenters. The summed E-state index contributed by atoms with van der Waals surface area (Å²) >= 11 is 0. The molecule has 0 spiro atoms. The lowest BCUT2D eigenvalue weighted by Gasteiger charge is -2.43. The van der Waals surface area contributed by atoms with Gasteiger partial charge in [-0.05, 0) is 43.7 Å². The van der Waals surface area contributed by atoms with Crippen molar-refractivity contribution in [1.29, 1.82) is 0 Å². The highest BCUT2D eigenvalue weighted by Gasteiger charge is 2.71. The van der Waals surface area contributed by atoms with Gasteiger partial charge in [-0.3, -0.25) is 14.6 Å². The molecule has 2 saturated heterocycles. The van der Waals surface area contributed by atoms with E-state index in [1.807, 2.05) is 60.7 Å². The first kappa shape index (κ1) is 37.9. The largest absolute Gasteiger partial charge is 0.466 e. The normalized spacial score (nSPS) is 23.9. The lowest BCUT2D eigenvalue weighted by atomic mass is 9.74. The van der Waals surface area contributed by atoms with Crippen LogP contribution in [0, 0.1) is 5.92 Å². The van der Waals surface area contributed by atoms with Crippen molar-refractivity contribution in [3.8, 4) is 0 Å². The zero-order valence-electron chi connectivity index (χ0n) is 32.4. The van der Waals surface area contributed by atoms with E-state index in [9.17, 15) is 24.6 Å². The third kappa shape index (κ3) is 5.53. The number of amides is 4. The first-order valence-corrected chi connectivity index (χ1v) is 19.9. The molecule has 2 aromatic carbocycles. The predicted octanol–water partition coefficient (Wildman–Crippen LogP) is 6.52. The Morgan fingerprint density at radius 1 is 0.797 bits per heavy atom. The number of rotatable bonds is 11. The van der Waals surface area contributed by atoms with Gasteiger partial charge < -0.3 is 19.4 Å². The van der Waals surface area contributed by atoms with E-state index in [1.165, 1.54) is 4.90 Å². The number of nitrogens with zero attached hydrogens (tertiary/aromatic N) is 5. The monoisotopic (exact) mass is 797 g/mol. The van der Waals surface area contributed by atoms with Crippen LogP contribution < -0.4 is 8.97 Å². The standard InChI is InChI=1S/C45H41N5O9/c1-2-58-38(51)27-37-46-39(41(59-37)50(34-19-20-35(50)22-21-34)40(52)36-14-9-24-47(36)43(54)55)49(32-15-16-33(49)18-17-32)42(53)45(28-30-12-7-4-8-13-30)31(23-25-48(45)44(56)57)26-29-10-5-3-6-11-29/h3-8,10-13,15-22,31,36H,2,9,14,23-28H2,1H3/p+2/t31?,36-,45-/m0/s1. The summed E-state index contributed by atoms with van der Waals surface area (Å²) in [6.07, 6.45) is 12.8. The molecule has 6 aliphatic heterocycles. The second-order valence-electron chi connectivity index (χ2n) is 15.6. The summed E-state index contributed by atoms with van der Waals surface area (Å²) in [4.78, 5) is 78.8. The van der Waals surface area contributed by atoms with Crippen molar-refractivity contribution < 1.29 is 43.3 Å². The number of esters is 1. The molecule has 2 fully saturated rings. The number of carboxylic acid groups (broad SMARTS) is 2. The zero-order chi connectivity index (χ0) is 41.1. The Morgan fingerprint density at radius 2 is 1.39 bits per heavy atom. The van der Waals surface area contributed by atoms with Crippen LogP contribution >= 0.6 is 0 Å². The summed E-state index contributed by atoms with van der Waals surface area (Å²) in [5.74, 6) is -2.42. The minimum atomic E-state index is -1.70. The summed E-state index contributed by atoms with van der Waals surface area (Å²) in [7, 11) is 0. The first-order chi connectivity index (χ1) is 28.6. The Labute approximate surface area is 339 Å². The molecular weight excluding hydrogens is 755 g/mol. The molecule has 0 radical (unpaired) electrons. The molecule has 0 aliphatic carbocycles. The number of fused-ring (bicyclic) bond motifs is 4. The van der Waals surface area contributed by atoms with Gasteiger partial charge in [0.15, 0.2) is 34.4 Å².